The van der Waals surface area contributed by atoms with Crippen LogP contribution in [-0.4, -0.2) is 18.9 Å². The molecule has 0 spiro atoms. The lowest BCUT2D eigenvalue weighted by atomic mass is 10.0. The third-order valence-corrected chi connectivity index (χ3v) is 13.4. The van der Waals surface area contributed by atoms with Crippen molar-refractivity contribution in [3.8, 4) is 0 Å². The fourth-order valence-electron chi connectivity index (χ4n) is 7.33. The number of rotatable bonds is 43. The normalized spacial score (nSPS) is 12.0. The minimum atomic E-state index is -2.47. The van der Waals surface area contributed by atoms with Crippen LogP contribution in [0.25, 0.3) is 0 Å². The van der Waals surface area contributed by atoms with Gasteiger partial charge in [-0.25, -0.2) is 0 Å². The maximum Gasteiger partial charge on any atom is 0.203 e. The molecule has 0 unspecified atom stereocenters. The van der Waals surface area contributed by atoms with E-state index >= 15 is 0 Å². The highest BCUT2D eigenvalue weighted by Gasteiger charge is 2.22. The van der Waals surface area contributed by atoms with Crippen molar-refractivity contribution in [2.45, 2.75) is 271 Å². The first-order chi connectivity index (χ1) is 23.7. The average Bonchev–Trinajstić information content (AvgIpc) is 3.09. The second-order valence-corrected chi connectivity index (χ2v) is 18.6. The molecular weight excluding hydrogens is 603 g/mol. The lowest BCUT2D eigenvalue weighted by Crippen LogP contribution is -2.03. The van der Waals surface area contributed by atoms with Gasteiger partial charge in [-0.05, 0) is 19.3 Å². The van der Waals surface area contributed by atoms with Gasteiger partial charge in [-0.3, -0.25) is 4.57 Å². The van der Waals surface area contributed by atoms with Crippen LogP contribution in [0.15, 0.2) is 0 Å². The number of hydrogen-bond donors (Lipinski definition) is 0. The van der Waals surface area contributed by atoms with Crippen LogP contribution in [0, 0.1) is 0 Å². The first-order valence-electron chi connectivity index (χ1n) is 22.9. The molecule has 0 aliphatic heterocycles. The molecular formula is C45H93O2P. The van der Waals surface area contributed by atoms with Crippen molar-refractivity contribution >= 4 is 7.37 Å². The van der Waals surface area contributed by atoms with Gasteiger partial charge < -0.3 is 4.52 Å². The molecule has 0 N–H and O–H groups in total. The Morgan fingerprint density at radius 1 is 0.271 bits per heavy atom. The first-order valence-corrected chi connectivity index (χ1v) is 24.9. The molecule has 0 rings (SSSR count). The van der Waals surface area contributed by atoms with E-state index in [2.05, 4.69) is 20.8 Å². The van der Waals surface area contributed by atoms with Crippen LogP contribution >= 0.6 is 7.37 Å². The van der Waals surface area contributed by atoms with Crippen molar-refractivity contribution in [1.82, 2.24) is 0 Å². The summed E-state index contributed by atoms with van der Waals surface area (Å²) in [5.74, 6) is 0. The van der Waals surface area contributed by atoms with Gasteiger partial charge >= 0.3 is 0 Å². The van der Waals surface area contributed by atoms with Crippen molar-refractivity contribution in [3.05, 3.63) is 0 Å². The molecule has 0 aliphatic carbocycles. The SMILES string of the molecule is CCCCCCCCCCCCCCCOP(=O)(CCCCCCCCCCCCCCC)CCCCCCCCCCCCCCC. The lowest BCUT2D eigenvalue weighted by Gasteiger charge is -2.19. The predicted molar refractivity (Wildman–Crippen MR) is 220 cm³/mol. The van der Waals surface area contributed by atoms with Gasteiger partial charge in [-0.2, -0.15) is 0 Å². The second-order valence-electron chi connectivity index (χ2n) is 15.8. The van der Waals surface area contributed by atoms with E-state index in [1.165, 1.54) is 231 Å². The van der Waals surface area contributed by atoms with E-state index in [0.717, 1.165) is 38.2 Å². The highest BCUT2D eigenvalue weighted by molar-refractivity contribution is 7.58. The summed E-state index contributed by atoms with van der Waals surface area (Å²) < 4.78 is 20.2. The zero-order valence-corrected chi connectivity index (χ0v) is 34.9. The Hall–Kier alpha value is 0.190. The summed E-state index contributed by atoms with van der Waals surface area (Å²) in [7, 11) is -2.47. The summed E-state index contributed by atoms with van der Waals surface area (Å²) in [5, 5.41) is 0. The van der Waals surface area contributed by atoms with E-state index < -0.39 is 7.37 Å². The third-order valence-electron chi connectivity index (χ3n) is 10.8. The van der Waals surface area contributed by atoms with Gasteiger partial charge in [0.2, 0.25) is 7.37 Å². The van der Waals surface area contributed by atoms with E-state index in [1.807, 2.05) is 0 Å². The number of unbranched alkanes of at least 4 members (excludes halogenated alkanes) is 36. The Bertz CT molecular complexity index is 586. The van der Waals surface area contributed by atoms with Crippen LogP contribution in [0.4, 0.5) is 0 Å². The van der Waals surface area contributed by atoms with E-state index in [0.29, 0.717) is 0 Å². The quantitative estimate of drug-likeness (QED) is 0.0468. The minimum Gasteiger partial charge on any atom is -0.328 e. The Balaban J connectivity index is 4.07. The monoisotopic (exact) mass is 697 g/mol. The van der Waals surface area contributed by atoms with Gasteiger partial charge in [0, 0.05) is 12.3 Å². The molecule has 0 heterocycles. The maximum absolute atomic E-state index is 13.9. The van der Waals surface area contributed by atoms with Gasteiger partial charge in [-0.15, -0.1) is 0 Å². The predicted octanol–water partition coefficient (Wildman–Crippen LogP) is 17.6. The molecule has 0 bridgehead atoms. The van der Waals surface area contributed by atoms with Crippen molar-refractivity contribution in [3.63, 3.8) is 0 Å². The van der Waals surface area contributed by atoms with Crippen molar-refractivity contribution in [1.29, 1.82) is 0 Å². The van der Waals surface area contributed by atoms with Crippen LogP contribution in [0.2, 0.25) is 0 Å². The summed E-state index contributed by atoms with van der Waals surface area (Å²) in [6.07, 6.45) is 54.9. The Labute approximate surface area is 305 Å². The first kappa shape index (κ1) is 48.2. The van der Waals surface area contributed by atoms with Gasteiger partial charge in [0.1, 0.15) is 0 Å². The standard InChI is InChI=1S/C45H93O2P/c1-4-7-10-13-16-19-22-25-28-31-34-37-40-43-47-48(46,44-41-38-35-32-29-26-23-20-17-14-11-8-5-2)45-42-39-36-33-30-27-24-21-18-15-12-9-6-3/h4-45H2,1-3H3. The van der Waals surface area contributed by atoms with Crippen molar-refractivity contribution < 1.29 is 9.09 Å². The van der Waals surface area contributed by atoms with Crippen molar-refractivity contribution in [2.75, 3.05) is 18.9 Å². The Morgan fingerprint density at radius 3 is 0.688 bits per heavy atom. The zero-order valence-electron chi connectivity index (χ0n) is 34.0. The molecule has 0 aliphatic rings. The lowest BCUT2D eigenvalue weighted by molar-refractivity contribution is 0.299. The summed E-state index contributed by atoms with van der Waals surface area (Å²) in [5.41, 5.74) is 0. The molecule has 0 saturated carbocycles. The minimum absolute atomic E-state index is 0.728. The van der Waals surface area contributed by atoms with E-state index in [-0.39, 0.29) is 0 Å². The molecule has 290 valence electrons. The van der Waals surface area contributed by atoms with Gasteiger partial charge in [-0.1, -0.05) is 252 Å². The molecule has 2 nitrogen and oxygen atoms in total. The molecule has 3 heteroatoms. The van der Waals surface area contributed by atoms with Gasteiger partial charge in [0.25, 0.3) is 0 Å². The fourth-order valence-corrected chi connectivity index (χ4v) is 9.69. The largest absolute Gasteiger partial charge is 0.328 e. The van der Waals surface area contributed by atoms with E-state index in [1.54, 1.807) is 0 Å². The summed E-state index contributed by atoms with van der Waals surface area (Å²) in [6.45, 7) is 7.62. The topological polar surface area (TPSA) is 26.3 Å². The molecule has 0 amide bonds. The van der Waals surface area contributed by atoms with Gasteiger partial charge in [0.15, 0.2) is 0 Å². The Morgan fingerprint density at radius 2 is 0.458 bits per heavy atom. The molecule has 0 aromatic carbocycles. The van der Waals surface area contributed by atoms with E-state index in [9.17, 15) is 4.57 Å². The van der Waals surface area contributed by atoms with Crippen LogP contribution in [0.3, 0.4) is 0 Å². The second kappa shape index (κ2) is 41.6. The molecule has 0 radical (unpaired) electrons. The van der Waals surface area contributed by atoms with Crippen molar-refractivity contribution in [2.24, 2.45) is 0 Å². The maximum atomic E-state index is 13.9. The Kier molecular flexibility index (Phi) is 41.8. The summed E-state index contributed by atoms with van der Waals surface area (Å²) >= 11 is 0. The highest BCUT2D eigenvalue weighted by atomic mass is 31.2. The highest BCUT2D eigenvalue weighted by Crippen LogP contribution is 2.49. The smallest absolute Gasteiger partial charge is 0.203 e. The summed E-state index contributed by atoms with van der Waals surface area (Å²) in [4.78, 5) is 0. The number of hydrogen-bond acceptors (Lipinski definition) is 2. The van der Waals surface area contributed by atoms with Crippen LogP contribution in [0.5, 0.6) is 0 Å². The van der Waals surface area contributed by atoms with E-state index in [4.69, 9.17) is 4.52 Å². The average molecular weight is 697 g/mol. The van der Waals surface area contributed by atoms with Gasteiger partial charge in [0.05, 0.1) is 6.61 Å². The van der Waals surface area contributed by atoms with Crippen LogP contribution in [-0.2, 0) is 9.09 Å². The fraction of sp³-hybridized carbons (Fsp3) is 1.00. The molecule has 0 saturated heterocycles. The molecule has 48 heavy (non-hydrogen) atoms. The van der Waals surface area contributed by atoms with Crippen LogP contribution < -0.4 is 0 Å². The van der Waals surface area contributed by atoms with Crippen LogP contribution in [0.1, 0.15) is 271 Å². The molecule has 0 aromatic rings. The molecule has 0 atom stereocenters. The summed E-state index contributed by atoms with van der Waals surface area (Å²) in [6, 6.07) is 0. The molecule has 0 aromatic heterocycles. The third kappa shape index (κ3) is 39.0. The zero-order chi connectivity index (χ0) is 34.9. The molecule has 0 fully saturated rings.